The van der Waals surface area contributed by atoms with Crippen molar-refractivity contribution in [3.63, 3.8) is 0 Å². The van der Waals surface area contributed by atoms with Gasteiger partial charge in [-0.2, -0.15) is 0 Å². The summed E-state index contributed by atoms with van der Waals surface area (Å²) in [5, 5.41) is 14.4. The Balaban J connectivity index is 1.48. The maximum absolute atomic E-state index is 13.1. The number of benzene rings is 2. The van der Waals surface area contributed by atoms with Crippen LogP contribution in [0.1, 0.15) is 65.2 Å². The van der Waals surface area contributed by atoms with Gasteiger partial charge in [0.25, 0.3) is 5.91 Å². The summed E-state index contributed by atoms with van der Waals surface area (Å²) in [5.41, 5.74) is 3.52. The van der Waals surface area contributed by atoms with Crippen LogP contribution in [0.25, 0.3) is 6.08 Å². The number of nitrogens with one attached hydrogen (secondary N) is 2. The van der Waals surface area contributed by atoms with Gasteiger partial charge < -0.3 is 15.7 Å². The number of halogens is 1. The van der Waals surface area contributed by atoms with Crippen molar-refractivity contribution in [1.82, 2.24) is 10.6 Å². The molecule has 3 N–H and O–H groups in total. The molecule has 0 aromatic heterocycles. The van der Waals surface area contributed by atoms with Crippen LogP contribution in [-0.4, -0.2) is 29.4 Å². The maximum Gasteiger partial charge on any atom is 0.303 e. The first-order valence-electron chi connectivity index (χ1n) is 10.8. The number of hydrogen-bond donors (Lipinski definition) is 3. The minimum absolute atomic E-state index is 0.0926. The number of carboxylic acid groups (broad SMARTS) is 1. The molecule has 1 unspecified atom stereocenters. The predicted molar refractivity (Wildman–Crippen MR) is 120 cm³/mol. The van der Waals surface area contributed by atoms with Crippen LogP contribution < -0.4 is 10.6 Å². The van der Waals surface area contributed by atoms with E-state index in [0.29, 0.717) is 18.5 Å². The van der Waals surface area contributed by atoms with Crippen molar-refractivity contribution in [2.24, 2.45) is 0 Å². The van der Waals surface area contributed by atoms with Crippen molar-refractivity contribution in [2.75, 3.05) is 6.54 Å². The molecule has 1 aliphatic rings. The molecule has 6 nitrogen and oxygen atoms in total. The number of rotatable bonds is 10. The van der Waals surface area contributed by atoms with Crippen molar-refractivity contribution in [1.29, 1.82) is 0 Å². The summed E-state index contributed by atoms with van der Waals surface area (Å²) in [6, 6.07) is 11.3. The van der Waals surface area contributed by atoms with Gasteiger partial charge in [0.1, 0.15) is 5.82 Å². The number of hydrogen-bond acceptors (Lipinski definition) is 3. The lowest BCUT2D eigenvalue weighted by Crippen LogP contribution is -2.27. The second-order valence-corrected chi connectivity index (χ2v) is 7.86. The fourth-order valence-corrected chi connectivity index (χ4v) is 3.75. The summed E-state index contributed by atoms with van der Waals surface area (Å²) in [5.74, 6) is -1.59. The van der Waals surface area contributed by atoms with Gasteiger partial charge in [-0.15, -0.1) is 0 Å². The fraction of sp³-hybridized carbons (Fsp3) is 0.320. The van der Waals surface area contributed by atoms with Gasteiger partial charge in [0.15, 0.2) is 0 Å². The minimum atomic E-state index is -0.798. The molecule has 1 aliphatic carbocycles. The Kier molecular flexibility index (Phi) is 8.14. The highest BCUT2D eigenvalue weighted by Gasteiger charge is 2.24. The summed E-state index contributed by atoms with van der Waals surface area (Å²) in [6.45, 7) is 0.516. The molecular weight excluding hydrogens is 411 g/mol. The summed E-state index contributed by atoms with van der Waals surface area (Å²) in [6.07, 6.45) is 7.14. The van der Waals surface area contributed by atoms with Gasteiger partial charge in [-0.25, -0.2) is 4.39 Å². The van der Waals surface area contributed by atoms with E-state index in [1.165, 1.54) is 30.3 Å². The number of aryl methyl sites for hydroxylation is 1. The SMILES string of the molecule is O=C(O)CCCCCNC(=O)/C=C/c1ccc2c(c1)CCC2NC(=O)c1ccc(F)cc1. The highest BCUT2D eigenvalue weighted by atomic mass is 19.1. The topological polar surface area (TPSA) is 95.5 Å². The molecule has 2 amide bonds. The summed E-state index contributed by atoms with van der Waals surface area (Å²) in [7, 11) is 0. The Morgan fingerprint density at radius 3 is 2.59 bits per heavy atom. The first-order chi connectivity index (χ1) is 15.4. The summed E-state index contributed by atoms with van der Waals surface area (Å²) in [4.78, 5) is 34.8. The lowest BCUT2D eigenvalue weighted by atomic mass is 10.0. The van der Waals surface area contributed by atoms with Crippen LogP contribution in [-0.2, 0) is 16.0 Å². The number of fused-ring (bicyclic) bond motifs is 1. The van der Waals surface area contributed by atoms with Gasteiger partial charge in [0.2, 0.25) is 5.91 Å². The average Bonchev–Trinajstić information content (AvgIpc) is 3.16. The Bertz CT molecular complexity index is 1000. The molecule has 0 spiro atoms. The number of aliphatic carboxylic acids is 1. The van der Waals surface area contributed by atoms with Crippen LogP contribution in [0, 0.1) is 5.82 Å². The molecule has 0 aliphatic heterocycles. The quantitative estimate of drug-likeness (QED) is 0.386. The van der Waals surface area contributed by atoms with Gasteiger partial charge >= 0.3 is 5.97 Å². The number of carboxylic acids is 1. The third kappa shape index (κ3) is 6.77. The molecule has 3 rings (SSSR count). The second-order valence-electron chi connectivity index (χ2n) is 7.86. The first-order valence-corrected chi connectivity index (χ1v) is 10.8. The second kappa shape index (κ2) is 11.2. The van der Waals surface area contributed by atoms with Gasteiger partial charge in [0, 0.05) is 24.6 Å². The van der Waals surface area contributed by atoms with E-state index in [4.69, 9.17) is 5.11 Å². The number of unbranched alkanes of at least 4 members (excludes halogenated alkanes) is 2. The highest BCUT2D eigenvalue weighted by molar-refractivity contribution is 5.94. The molecule has 0 fully saturated rings. The lowest BCUT2D eigenvalue weighted by Gasteiger charge is -2.14. The Hall–Kier alpha value is -3.48. The van der Waals surface area contributed by atoms with Gasteiger partial charge in [-0.3, -0.25) is 14.4 Å². The maximum atomic E-state index is 13.1. The normalized spacial score (nSPS) is 14.8. The number of carbonyl (C=O) groups is 3. The van der Waals surface area contributed by atoms with Crippen LogP contribution in [0.2, 0.25) is 0 Å². The van der Waals surface area contributed by atoms with Crippen molar-refractivity contribution in [2.45, 2.75) is 44.6 Å². The molecule has 0 saturated heterocycles. The number of amides is 2. The van der Waals surface area contributed by atoms with E-state index in [1.54, 1.807) is 6.08 Å². The zero-order chi connectivity index (χ0) is 22.9. The standard InChI is InChI=1S/C25H27FN2O4/c26-20-10-7-18(8-11-20)25(32)28-22-13-9-19-16-17(5-12-21(19)22)6-14-23(29)27-15-3-1-2-4-24(30)31/h5-8,10-12,14,16,22H,1-4,9,13,15H2,(H,27,29)(H,28,32)(H,30,31)/b14-6+. The zero-order valence-corrected chi connectivity index (χ0v) is 17.8. The van der Waals surface area contributed by atoms with E-state index >= 15 is 0 Å². The minimum Gasteiger partial charge on any atom is -0.481 e. The molecule has 1 atom stereocenters. The van der Waals surface area contributed by atoms with Gasteiger partial charge in [0.05, 0.1) is 6.04 Å². The molecule has 168 valence electrons. The van der Waals surface area contributed by atoms with Crippen LogP contribution in [0.15, 0.2) is 48.5 Å². The first kappa shape index (κ1) is 23.2. The van der Waals surface area contributed by atoms with Gasteiger partial charge in [-0.05, 0) is 72.7 Å². The van der Waals surface area contributed by atoms with E-state index in [-0.39, 0.29) is 30.1 Å². The number of carbonyl (C=O) groups excluding carboxylic acids is 2. The van der Waals surface area contributed by atoms with E-state index in [1.807, 2.05) is 18.2 Å². The van der Waals surface area contributed by atoms with Crippen LogP contribution in [0.5, 0.6) is 0 Å². The Morgan fingerprint density at radius 1 is 1.06 bits per heavy atom. The van der Waals surface area contributed by atoms with E-state index in [0.717, 1.165) is 42.4 Å². The summed E-state index contributed by atoms with van der Waals surface area (Å²) >= 11 is 0. The van der Waals surface area contributed by atoms with Crippen molar-refractivity contribution < 1.29 is 23.9 Å². The van der Waals surface area contributed by atoms with Crippen LogP contribution >= 0.6 is 0 Å². The monoisotopic (exact) mass is 438 g/mol. The third-order valence-electron chi connectivity index (χ3n) is 5.45. The summed E-state index contributed by atoms with van der Waals surface area (Å²) < 4.78 is 13.1. The van der Waals surface area contributed by atoms with E-state index < -0.39 is 5.97 Å². The zero-order valence-electron chi connectivity index (χ0n) is 17.8. The smallest absolute Gasteiger partial charge is 0.303 e. The molecular formula is C25H27FN2O4. The lowest BCUT2D eigenvalue weighted by molar-refractivity contribution is -0.137. The Morgan fingerprint density at radius 2 is 1.84 bits per heavy atom. The van der Waals surface area contributed by atoms with E-state index in [2.05, 4.69) is 10.6 Å². The highest BCUT2D eigenvalue weighted by Crippen LogP contribution is 2.32. The predicted octanol–water partition coefficient (Wildman–Crippen LogP) is 4.02. The van der Waals surface area contributed by atoms with Crippen molar-refractivity contribution in [3.8, 4) is 0 Å². The molecule has 0 saturated carbocycles. The molecule has 2 aromatic rings. The molecule has 32 heavy (non-hydrogen) atoms. The molecule has 2 aromatic carbocycles. The molecule has 7 heteroatoms. The molecule has 0 heterocycles. The largest absolute Gasteiger partial charge is 0.481 e. The van der Waals surface area contributed by atoms with E-state index in [9.17, 15) is 18.8 Å². The third-order valence-corrected chi connectivity index (χ3v) is 5.45. The van der Waals surface area contributed by atoms with Crippen molar-refractivity contribution in [3.05, 3.63) is 76.6 Å². The average molecular weight is 438 g/mol. The van der Waals surface area contributed by atoms with Gasteiger partial charge in [-0.1, -0.05) is 24.6 Å². The van der Waals surface area contributed by atoms with Crippen LogP contribution in [0.3, 0.4) is 0 Å². The molecule has 0 bridgehead atoms. The fourth-order valence-electron chi connectivity index (χ4n) is 3.75. The Labute approximate surface area is 186 Å². The van der Waals surface area contributed by atoms with Crippen LogP contribution in [0.4, 0.5) is 4.39 Å². The van der Waals surface area contributed by atoms with Crippen molar-refractivity contribution >= 4 is 23.9 Å². The molecule has 0 radical (unpaired) electrons.